The molecule has 1 aromatic rings. The van der Waals surface area contributed by atoms with E-state index in [4.69, 9.17) is 9.47 Å². The minimum Gasteiger partial charge on any atom is -0.494 e. The molecule has 2 amide bonds. The lowest BCUT2D eigenvalue weighted by Crippen LogP contribution is -2.59. The van der Waals surface area contributed by atoms with Crippen molar-refractivity contribution < 1.29 is 19.1 Å². The van der Waals surface area contributed by atoms with Crippen LogP contribution in [-0.4, -0.2) is 67.6 Å². The largest absolute Gasteiger partial charge is 0.494 e. The van der Waals surface area contributed by atoms with Gasteiger partial charge in [0, 0.05) is 20.2 Å². The van der Waals surface area contributed by atoms with Crippen molar-refractivity contribution in [2.75, 3.05) is 40.0 Å². The van der Waals surface area contributed by atoms with Gasteiger partial charge in [-0.05, 0) is 31.9 Å². The van der Waals surface area contributed by atoms with Crippen LogP contribution in [0.2, 0.25) is 0 Å². The van der Waals surface area contributed by atoms with Crippen LogP contribution in [0, 0.1) is 0 Å². The van der Waals surface area contributed by atoms with Crippen LogP contribution in [-0.2, 0) is 14.3 Å². The fourth-order valence-corrected chi connectivity index (χ4v) is 2.75. The summed E-state index contributed by atoms with van der Waals surface area (Å²) in [5, 5.41) is 0. The van der Waals surface area contributed by atoms with E-state index in [9.17, 15) is 9.59 Å². The van der Waals surface area contributed by atoms with Crippen molar-refractivity contribution in [1.29, 1.82) is 0 Å². The molecule has 1 aliphatic heterocycles. The molecule has 0 saturated carbocycles. The van der Waals surface area contributed by atoms with Crippen LogP contribution in [0.25, 0.3) is 0 Å². The van der Waals surface area contributed by atoms with Gasteiger partial charge in [0.1, 0.15) is 11.8 Å². The van der Waals surface area contributed by atoms with E-state index in [1.165, 1.54) is 0 Å². The van der Waals surface area contributed by atoms with Gasteiger partial charge < -0.3 is 19.3 Å². The molecule has 0 N–H and O–H groups in total. The molecule has 0 bridgehead atoms. The van der Waals surface area contributed by atoms with Crippen LogP contribution in [0.4, 0.5) is 0 Å². The molecule has 1 saturated heterocycles. The third-order valence-corrected chi connectivity index (χ3v) is 4.15. The molecule has 0 spiro atoms. The highest BCUT2D eigenvalue weighted by atomic mass is 16.5. The Hall–Kier alpha value is -2.08. The molecule has 0 radical (unpaired) electrons. The Labute approximate surface area is 143 Å². The summed E-state index contributed by atoms with van der Waals surface area (Å²) in [4.78, 5) is 27.8. The summed E-state index contributed by atoms with van der Waals surface area (Å²) in [7, 11) is 1.59. The summed E-state index contributed by atoms with van der Waals surface area (Å²) in [5.74, 6) is 0.846. The molecule has 6 heteroatoms. The number of carbonyl (C=O) groups excluding carboxylic acids is 2. The van der Waals surface area contributed by atoms with Gasteiger partial charge in [-0.2, -0.15) is 0 Å². The Morgan fingerprint density at radius 3 is 2.54 bits per heavy atom. The predicted molar refractivity (Wildman–Crippen MR) is 90.8 cm³/mol. The first-order valence-corrected chi connectivity index (χ1v) is 8.38. The molecule has 1 aromatic carbocycles. The number of ether oxygens (including phenoxy) is 2. The predicted octanol–water partition coefficient (Wildman–Crippen LogP) is 1.55. The van der Waals surface area contributed by atoms with Crippen LogP contribution >= 0.6 is 0 Å². The van der Waals surface area contributed by atoms with Crippen LogP contribution in [0.5, 0.6) is 5.75 Å². The first-order valence-electron chi connectivity index (χ1n) is 8.38. The minimum atomic E-state index is -0.404. The molecular formula is C18H26N2O4. The second-order valence-corrected chi connectivity index (χ2v) is 5.88. The molecule has 0 unspecified atom stereocenters. The molecule has 0 aliphatic carbocycles. The van der Waals surface area contributed by atoms with Gasteiger partial charge in [0.25, 0.3) is 0 Å². The quantitative estimate of drug-likeness (QED) is 0.643. The van der Waals surface area contributed by atoms with Crippen molar-refractivity contribution in [1.82, 2.24) is 9.80 Å². The number of carbonyl (C=O) groups is 2. The van der Waals surface area contributed by atoms with Crippen molar-refractivity contribution in [3.8, 4) is 5.75 Å². The van der Waals surface area contributed by atoms with E-state index in [0.717, 1.165) is 18.6 Å². The summed E-state index contributed by atoms with van der Waals surface area (Å²) in [5.41, 5.74) is 0. The van der Waals surface area contributed by atoms with Gasteiger partial charge in [0.2, 0.25) is 11.8 Å². The summed E-state index contributed by atoms with van der Waals surface area (Å²) in [6.07, 6.45) is 1.65. The van der Waals surface area contributed by atoms with Crippen molar-refractivity contribution in [3.05, 3.63) is 30.3 Å². The summed E-state index contributed by atoms with van der Waals surface area (Å²) < 4.78 is 10.6. The maximum atomic E-state index is 12.3. The molecule has 24 heavy (non-hydrogen) atoms. The second-order valence-electron chi connectivity index (χ2n) is 5.88. The Bertz CT molecular complexity index is 535. The lowest BCUT2D eigenvalue weighted by Gasteiger charge is -2.38. The molecule has 1 fully saturated rings. The topological polar surface area (TPSA) is 59.1 Å². The number of methoxy groups -OCH3 is 1. The SMILES string of the molecule is COCCN1CC(=O)N(CCCCOc2ccccc2)[C@@H](C)C1=O. The normalized spacial score (nSPS) is 18.2. The Morgan fingerprint density at radius 2 is 1.83 bits per heavy atom. The number of nitrogens with zero attached hydrogens (tertiary/aromatic N) is 2. The lowest BCUT2D eigenvalue weighted by atomic mass is 10.1. The zero-order chi connectivity index (χ0) is 17.4. The van der Waals surface area contributed by atoms with Crippen molar-refractivity contribution >= 4 is 11.8 Å². The van der Waals surface area contributed by atoms with E-state index in [-0.39, 0.29) is 18.4 Å². The molecule has 0 aromatic heterocycles. The van der Waals surface area contributed by atoms with Crippen molar-refractivity contribution in [2.24, 2.45) is 0 Å². The third-order valence-electron chi connectivity index (χ3n) is 4.15. The molecule has 1 atom stereocenters. The Kier molecular flexibility index (Phi) is 7.06. The maximum Gasteiger partial charge on any atom is 0.245 e. The summed E-state index contributed by atoms with van der Waals surface area (Å²) >= 11 is 0. The highest BCUT2D eigenvalue weighted by molar-refractivity contribution is 5.94. The van der Waals surface area contributed by atoms with Gasteiger partial charge >= 0.3 is 0 Å². The minimum absolute atomic E-state index is 0.00202. The number of hydrogen-bond donors (Lipinski definition) is 0. The summed E-state index contributed by atoms with van der Waals surface area (Å²) in [6.45, 7) is 4.04. The van der Waals surface area contributed by atoms with Gasteiger partial charge in [-0.1, -0.05) is 18.2 Å². The summed E-state index contributed by atoms with van der Waals surface area (Å²) in [6, 6.07) is 9.25. The van der Waals surface area contributed by atoms with Gasteiger partial charge in [0.05, 0.1) is 19.8 Å². The molecule has 1 heterocycles. The highest BCUT2D eigenvalue weighted by Gasteiger charge is 2.35. The average molecular weight is 334 g/mol. The number of para-hydroxylation sites is 1. The smallest absolute Gasteiger partial charge is 0.245 e. The lowest BCUT2D eigenvalue weighted by molar-refractivity contribution is -0.155. The standard InChI is InChI=1S/C18H26N2O4/c1-15-18(22)19(11-13-23-2)14-17(21)20(15)10-6-7-12-24-16-8-4-3-5-9-16/h3-5,8-9,15H,6-7,10-14H2,1-2H3/t15-/m0/s1. The van der Waals surface area contributed by atoms with E-state index in [1.807, 2.05) is 30.3 Å². The number of unbranched alkanes of at least 4 members (excludes halogenated alkanes) is 1. The van der Waals surface area contributed by atoms with Gasteiger partial charge in [0.15, 0.2) is 0 Å². The van der Waals surface area contributed by atoms with E-state index in [1.54, 1.807) is 23.8 Å². The third kappa shape index (κ3) is 4.96. The number of piperazine rings is 1. The monoisotopic (exact) mass is 334 g/mol. The van der Waals surface area contributed by atoms with E-state index >= 15 is 0 Å². The molecule has 1 aliphatic rings. The van der Waals surface area contributed by atoms with Gasteiger partial charge in [-0.25, -0.2) is 0 Å². The first kappa shape index (κ1) is 18.3. The molecule has 132 valence electrons. The van der Waals surface area contributed by atoms with Crippen LogP contribution in [0.3, 0.4) is 0 Å². The second kappa shape index (κ2) is 9.27. The number of hydrogen-bond acceptors (Lipinski definition) is 4. The fraction of sp³-hybridized carbons (Fsp3) is 0.556. The Morgan fingerprint density at radius 1 is 1.08 bits per heavy atom. The zero-order valence-corrected chi connectivity index (χ0v) is 14.4. The average Bonchev–Trinajstić information content (AvgIpc) is 2.60. The van der Waals surface area contributed by atoms with Crippen LogP contribution < -0.4 is 4.74 Å². The fourth-order valence-electron chi connectivity index (χ4n) is 2.75. The number of rotatable bonds is 9. The number of benzene rings is 1. The zero-order valence-electron chi connectivity index (χ0n) is 14.4. The molecule has 6 nitrogen and oxygen atoms in total. The van der Waals surface area contributed by atoms with Crippen molar-refractivity contribution in [3.63, 3.8) is 0 Å². The van der Waals surface area contributed by atoms with Gasteiger partial charge in [-0.15, -0.1) is 0 Å². The van der Waals surface area contributed by atoms with E-state index < -0.39 is 6.04 Å². The van der Waals surface area contributed by atoms with E-state index in [0.29, 0.717) is 26.3 Å². The van der Waals surface area contributed by atoms with Crippen LogP contribution in [0.1, 0.15) is 19.8 Å². The molecule has 2 rings (SSSR count). The van der Waals surface area contributed by atoms with Crippen molar-refractivity contribution in [2.45, 2.75) is 25.8 Å². The maximum absolute atomic E-state index is 12.3. The van der Waals surface area contributed by atoms with E-state index in [2.05, 4.69) is 0 Å². The Balaban J connectivity index is 1.72. The van der Waals surface area contributed by atoms with Crippen LogP contribution in [0.15, 0.2) is 30.3 Å². The number of amides is 2. The molecular weight excluding hydrogens is 308 g/mol. The highest BCUT2D eigenvalue weighted by Crippen LogP contribution is 2.14. The first-order chi connectivity index (χ1) is 11.6. The van der Waals surface area contributed by atoms with Gasteiger partial charge in [-0.3, -0.25) is 9.59 Å².